The van der Waals surface area contributed by atoms with Crippen molar-refractivity contribution in [2.75, 3.05) is 5.32 Å². The smallest absolute Gasteiger partial charge is 0.275 e. The third-order valence-electron chi connectivity index (χ3n) is 2.78. The Morgan fingerprint density at radius 1 is 1.53 bits per heavy atom. The summed E-state index contributed by atoms with van der Waals surface area (Å²) in [5.74, 6) is 0.253. The molecule has 2 rings (SSSR count). The first-order valence-electron chi connectivity index (χ1n) is 5.87. The zero-order valence-corrected chi connectivity index (χ0v) is 10.7. The number of rotatable bonds is 3. The Hall–Kier alpha value is -2.68. The van der Waals surface area contributed by atoms with E-state index in [0.717, 1.165) is 12.0 Å². The second-order valence-corrected chi connectivity index (χ2v) is 4.02. The standard InChI is InChI=1S/C13H13N5O/c1-3-9-7-15-18-12(9)17-13(19)11-5-4-10(6-14)8(2)16-11/h4-5,7H,3H2,1-2H3,(H2,15,17,18,19). The highest BCUT2D eigenvalue weighted by Gasteiger charge is 2.12. The molecule has 0 aliphatic rings. The fraction of sp³-hybridized carbons (Fsp3) is 0.231. The topological polar surface area (TPSA) is 94.5 Å². The maximum Gasteiger partial charge on any atom is 0.275 e. The molecule has 0 spiro atoms. The minimum atomic E-state index is -0.327. The van der Waals surface area contributed by atoms with Gasteiger partial charge < -0.3 is 5.32 Å². The van der Waals surface area contributed by atoms with Gasteiger partial charge in [-0.1, -0.05) is 6.92 Å². The number of nitriles is 1. The molecular weight excluding hydrogens is 242 g/mol. The first-order chi connectivity index (χ1) is 9.15. The average Bonchev–Trinajstić information content (AvgIpc) is 2.85. The number of carbonyl (C=O) groups is 1. The van der Waals surface area contributed by atoms with Crippen molar-refractivity contribution in [2.45, 2.75) is 20.3 Å². The van der Waals surface area contributed by atoms with E-state index >= 15 is 0 Å². The first-order valence-corrected chi connectivity index (χ1v) is 5.87. The van der Waals surface area contributed by atoms with Gasteiger partial charge in [0.25, 0.3) is 5.91 Å². The molecule has 0 saturated heterocycles. The Morgan fingerprint density at radius 3 is 2.95 bits per heavy atom. The molecule has 0 aliphatic carbocycles. The molecule has 0 fully saturated rings. The molecule has 0 aromatic carbocycles. The first kappa shape index (κ1) is 12.8. The monoisotopic (exact) mass is 255 g/mol. The molecule has 0 unspecified atom stereocenters. The molecule has 96 valence electrons. The minimum absolute atomic E-state index is 0.271. The highest BCUT2D eigenvalue weighted by molar-refractivity contribution is 6.02. The Labute approximate surface area is 110 Å². The van der Waals surface area contributed by atoms with Crippen molar-refractivity contribution in [3.8, 4) is 6.07 Å². The van der Waals surface area contributed by atoms with Crippen molar-refractivity contribution < 1.29 is 4.79 Å². The number of anilines is 1. The van der Waals surface area contributed by atoms with Gasteiger partial charge in [0.05, 0.1) is 17.5 Å². The zero-order valence-electron chi connectivity index (χ0n) is 10.7. The predicted octanol–water partition coefficient (Wildman–Crippen LogP) is 1.80. The number of aromatic amines is 1. The number of carbonyl (C=O) groups excluding carboxylic acids is 1. The molecular formula is C13H13N5O. The van der Waals surface area contributed by atoms with Crippen LogP contribution in [0.3, 0.4) is 0 Å². The zero-order chi connectivity index (χ0) is 13.8. The molecule has 0 radical (unpaired) electrons. The van der Waals surface area contributed by atoms with Crippen LogP contribution in [0.25, 0.3) is 0 Å². The molecule has 0 saturated carbocycles. The number of hydrogen-bond acceptors (Lipinski definition) is 4. The number of pyridine rings is 1. The van der Waals surface area contributed by atoms with E-state index in [1.807, 2.05) is 13.0 Å². The molecule has 0 bridgehead atoms. The summed E-state index contributed by atoms with van der Waals surface area (Å²) in [5.41, 5.74) is 2.20. The van der Waals surface area contributed by atoms with E-state index < -0.39 is 0 Å². The van der Waals surface area contributed by atoms with Crippen LogP contribution in [-0.2, 0) is 6.42 Å². The van der Waals surface area contributed by atoms with E-state index in [4.69, 9.17) is 5.26 Å². The van der Waals surface area contributed by atoms with E-state index in [1.165, 1.54) is 6.07 Å². The summed E-state index contributed by atoms with van der Waals surface area (Å²) in [6.45, 7) is 3.67. The number of nitrogens with zero attached hydrogens (tertiary/aromatic N) is 3. The third-order valence-corrected chi connectivity index (χ3v) is 2.78. The SMILES string of the molecule is CCc1cn[nH]c1NC(=O)c1ccc(C#N)c(C)n1. The summed E-state index contributed by atoms with van der Waals surface area (Å²) in [5, 5.41) is 18.2. The van der Waals surface area contributed by atoms with Crippen LogP contribution in [-0.4, -0.2) is 21.1 Å². The highest BCUT2D eigenvalue weighted by atomic mass is 16.1. The highest BCUT2D eigenvalue weighted by Crippen LogP contribution is 2.13. The van der Waals surface area contributed by atoms with Crippen LogP contribution >= 0.6 is 0 Å². The van der Waals surface area contributed by atoms with Crippen molar-refractivity contribution in [2.24, 2.45) is 0 Å². The Morgan fingerprint density at radius 2 is 2.32 bits per heavy atom. The summed E-state index contributed by atoms with van der Waals surface area (Å²) >= 11 is 0. The van der Waals surface area contributed by atoms with Crippen LogP contribution in [0.1, 0.15) is 34.2 Å². The van der Waals surface area contributed by atoms with Gasteiger partial charge in [0, 0.05) is 5.56 Å². The quantitative estimate of drug-likeness (QED) is 0.874. The van der Waals surface area contributed by atoms with Gasteiger partial charge >= 0.3 is 0 Å². The van der Waals surface area contributed by atoms with Gasteiger partial charge in [0.1, 0.15) is 17.6 Å². The summed E-state index contributed by atoms with van der Waals surface area (Å²) in [4.78, 5) is 16.1. The van der Waals surface area contributed by atoms with Gasteiger partial charge in [0.15, 0.2) is 0 Å². The summed E-state index contributed by atoms with van der Waals surface area (Å²) < 4.78 is 0. The molecule has 2 aromatic heterocycles. The van der Waals surface area contributed by atoms with Gasteiger partial charge in [-0.3, -0.25) is 9.89 Å². The number of aryl methyl sites for hydroxylation is 2. The van der Waals surface area contributed by atoms with Gasteiger partial charge in [-0.05, 0) is 25.5 Å². The second-order valence-electron chi connectivity index (χ2n) is 4.02. The van der Waals surface area contributed by atoms with E-state index in [0.29, 0.717) is 17.1 Å². The maximum atomic E-state index is 12.0. The molecule has 2 aromatic rings. The minimum Gasteiger partial charge on any atom is -0.305 e. The number of nitrogens with one attached hydrogen (secondary N) is 2. The molecule has 2 N–H and O–H groups in total. The number of hydrogen-bond donors (Lipinski definition) is 2. The molecule has 0 aliphatic heterocycles. The van der Waals surface area contributed by atoms with Crippen LogP contribution in [0, 0.1) is 18.3 Å². The van der Waals surface area contributed by atoms with E-state index in [2.05, 4.69) is 20.5 Å². The van der Waals surface area contributed by atoms with Gasteiger partial charge in [-0.2, -0.15) is 10.4 Å². The lowest BCUT2D eigenvalue weighted by Crippen LogP contribution is -2.15. The summed E-state index contributed by atoms with van der Waals surface area (Å²) in [6.07, 6.45) is 2.44. The van der Waals surface area contributed by atoms with Crippen LogP contribution in [0.4, 0.5) is 5.82 Å². The average molecular weight is 255 g/mol. The van der Waals surface area contributed by atoms with Gasteiger partial charge in [0.2, 0.25) is 0 Å². The Kier molecular flexibility index (Phi) is 3.57. The van der Waals surface area contributed by atoms with Crippen molar-refractivity contribution in [1.82, 2.24) is 15.2 Å². The number of amides is 1. The molecule has 1 amide bonds. The number of H-pyrrole nitrogens is 1. The molecule has 6 heteroatoms. The largest absolute Gasteiger partial charge is 0.305 e. The lowest BCUT2D eigenvalue weighted by Gasteiger charge is -2.05. The van der Waals surface area contributed by atoms with Crippen LogP contribution in [0.2, 0.25) is 0 Å². The third kappa shape index (κ3) is 2.60. The van der Waals surface area contributed by atoms with Crippen molar-refractivity contribution >= 4 is 11.7 Å². The summed E-state index contributed by atoms with van der Waals surface area (Å²) in [7, 11) is 0. The van der Waals surface area contributed by atoms with Crippen molar-refractivity contribution in [3.63, 3.8) is 0 Å². The Balaban J connectivity index is 2.21. The molecule has 6 nitrogen and oxygen atoms in total. The molecule has 19 heavy (non-hydrogen) atoms. The lowest BCUT2D eigenvalue weighted by molar-refractivity contribution is 0.102. The van der Waals surface area contributed by atoms with E-state index in [-0.39, 0.29) is 11.6 Å². The van der Waals surface area contributed by atoms with Crippen LogP contribution in [0.5, 0.6) is 0 Å². The molecule has 2 heterocycles. The fourth-order valence-corrected chi connectivity index (χ4v) is 1.67. The van der Waals surface area contributed by atoms with Crippen LogP contribution in [0.15, 0.2) is 18.3 Å². The van der Waals surface area contributed by atoms with E-state index in [1.54, 1.807) is 19.2 Å². The van der Waals surface area contributed by atoms with Gasteiger partial charge in [-0.15, -0.1) is 0 Å². The molecule has 0 atom stereocenters. The fourth-order valence-electron chi connectivity index (χ4n) is 1.67. The lowest BCUT2D eigenvalue weighted by atomic mass is 10.2. The second kappa shape index (κ2) is 5.31. The van der Waals surface area contributed by atoms with Crippen molar-refractivity contribution in [1.29, 1.82) is 5.26 Å². The maximum absolute atomic E-state index is 12.0. The normalized spacial score (nSPS) is 9.95. The van der Waals surface area contributed by atoms with Crippen molar-refractivity contribution in [3.05, 3.63) is 40.8 Å². The predicted molar refractivity (Wildman–Crippen MR) is 69.6 cm³/mol. The Bertz CT molecular complexity index is 653. The van der Waals surface area contributed by atoms with Crippen LogP contribution < -0.4 is 5.32 Å². The van der Waals surface area contributed by atoms with E-state index in [9.17, 15) is 4.79 Å². The van der Waals surface area contributed by atoms with Gasteiger partial charge in [-0.25, -0.2) is 4.98 Å². The number of aromatic nitrogens is 3. The summed E-state index contributed by atoms with van der Waals surface area (Å²) in [6, 6.07) is 5.13.